The first-order valence-corrected chi connectivity index (χ1v) is 6.09. The highest BCUT2D eigenvalue weighted by atomic mass is 16.5. The van der Waals surface area contributed by atoms with Crippen LogP contribution in [0.3, 0.4) is 0 Å². The van der Waals surface area contributed by atoms with Crippen molar-refractivity contribution in [2.24, 2.45) is 0 Å². The van der Waals surface area contributed by atoms with Crippen molar-refractivity contribution in [3.05, 3.63) is 11.7 Å². The van der Waals surface area contributed by atoms with Crippen LogP contribution < -0.4 is 5.32 Å². The number of nitrogens with one attached hydrogen (secondary N) is 1. The van der Waals surface area contributed by atoms with Gasteiger partial charge in [-0.25, -0.2) is 0 Å². The molecule has 1 aromatic heterocycles. The van der Waals surface area contributed by atoms with Gasteiger partial charge in [-0.3, -0.25) is 0 Å². The van der Waals surface area contributed by atoms with Gasteiger partial charge in [0.1, 0.15) is 0 Å². The molecule has 0 radical (unpaired) electrons. The SMILES string of the molecule is C1COC(Cc2noc(C3CCCN3)n2)C1. The van der Waals surface area contributed by atoms with Crippen LogP contribution >= 0.6 is 0 Å². The molecule has 1 N–H and O–H groups in total. The standard InChI is InChI=1S/C11H17N3O2/c1-4-9(12-5-1)11-13-10(14-16-11)7-8-3-2-6-15-8/h8-9,12H,1-7H2. The van der Waals surface area contributed by atoms with E-state index in [1.165, 1.54) is 6.42 Å². The van der Waals surface area contributed by atoms with Gasteiger partial charge in [0.15, 0.2) is 5.82 Å². The molecular weight excluding hydrogens is 206 g/mol. The van der Waals surface area contributed by atoms with Crippen molar-refractivity contribution >= 4 is 0 Å². The van der Waals surface area contributed by atoms with Crippen LogP contribution in [0.5, 0.6) is 0 Å². The predicted octanol–water partition coefficient (Wildman–Crippen LogP) is 1.22. The van der Waals surface area contributed by atoms with E-state index in [0.717, 1.165) is 50.6 Å². The summed E-state index contributed by atoms with van der Waals surface area (Å²) in [6, 6.07) is 0.269. The molecular formula is C11H17N3O2. The number of hydrogen-bond acceptors (Lipinski definition) is 5. The molecule has 5 nitrogen and oxygen atoms in total. The molecule has 2 atom stereocenters. The highest BCUT2D eigenvalue weighted by molar-refractivity contribution is 4.96. The van der Waals surface area contributed by atoms with E-state index in [1.807, 2.05) is 0 Å². The quantitative estimate of drug-likeness (QED) is 0.834. The molecule has 2 aliphatic rings. The Hall–Kier alpha value is -0.940. The van der Waals surface area contributed by atoms with Gasteiger partial charge in [0, 0.05) is 13.0 Å². The first-order valence-electron chi connectivity index (χ1n) is 6.09. The van der Waals surface area contributed by atoms with Crippen molar-refractivity contribution in [1.82, 2.24) is 15.5 Å². The molecule has 0 aliphatic carbocycles. The monoisotopic (exact) mass is 223 g/mol. The summed E-state index contributed by atoms with van der Waals surface area (Å²) >= 11 is 0. The van der Waals surface area contributed by atoms with E-state index in [4.69, 9.17) is 9.26 Å². The molecule has 88 valence electrons. The van der Waals surface area contributed by atoms with E-state index in [-0.39, 0.29) is 6.04 Å². The van der Waals surface area contributed by atoms with Gasteiger partial charge in [-0.2, -0.15) is 4.98 Å². The van der Waals surface area contributed by atoms with Crippen LogP contribution in [0.2, 0.25) is 0 Å². The average molecular weight is 223 g/mol. The van der Waals surface area contributed by atoms with E-state index in [9.17, 15) is 0 Å². The predicted molar refractivity (Wildman–Crippen MR) is 57.0 cm³/mol. The Labute approximate surface area is 94.6 Å². The van der Waals surface area contributed by atoms with Gasteiger partial charge >= 0.3 is 0 Å². The molecule has 3 rings (SSSR count). The van der Waals surface area contributed by atoms with Crippen molar-refractivity contribution in [2.45, 2.75) is 44.2 Å². The lowest BCUT2D eigenvalue weighted by molar-refractivity contribution is 0.109. The average Bonchev–Trinajstić information content (AvgIpc) is 2.99. The van der Waals surface area contributed by atoms with Crippen LogP contribution in [0.1, 0.15) is 43.4 Å². The van der Waals surface area contributed by atoms with Gasteiger partial charge in [-0.05, 0) is 32.2 Å². The van der Waals surface area contributed by atoms with Gasteiger partial charge in [0.05, 0.1) is 12.1 Å². The van der Waals surface area contributed by atoms with Crippen molar-refractivity contribution in [1.29, 1.82) is 0 Å². The number of rotatable bonds is 3. The zero-order chi connectivity index (χ0) is 10.8. The lowest BCUT2D eigenvalue weighted by Gasteiger charge is -2.04. The molecule has 2 unspecified atom stereocenters. The molecule has 2 saturated heterocycles. The van der Waals surface area contributed by atoms with Gasteiger partial charge in [-0.15, -0.1) is 0 Å². The van der Waals surface area contributed by atoms with Crippen LogP contribution in [-0.2, 0) is 11.2 Å². The van der Waals surface area contributed by atoms with Gasteiger partial charge in [0.2, 0.25) is 5.89 Å². The van der Waals surface area contributed by atoms with Crippen LogP contribution in [0, 0.1) is 0 Å². The number of hydrogen-bond donors (Lipinski definition) is 1. The molecule has 0 aromatic carbocycles. The fourth-order valence-corrected chi connectivity index (χ4v) is 2.40. The summed E-state index contributed by atoms with van der Waals surface area (Å²) in [4.78, 5) is 4.44. The largest absolute Gasteiger partial charge is 0.378 e. The summed E-state index contributed by atoms with van der Waals surface area (Å²) < 4.78 is 10.8. The lowest BCUT2D eigenvalue weighted by Crippen LogP contribution is -2.14. The molecule has 2 aliphatic heterocycles. The van der Waals surface area contributed by atoms with Crippen LogP contribution in [0.4, 0.5) is 0 Å². The first kappa shape index (κ1) is 10.2. The number of ether oxygens (including phenoxy) is 1. The Morgan fingerprint density at radius 1 is 1.31 bits per heavy atom. The Kier molecular flexibility index (Phi) is 2.88. The lowest BCUT2D eigenvalue weighted by atomic mass is 10.2. The molecule has 0 amide bonds. The van der Waals surface area contributed by atoms with E-state index >= 15 is 0 Å². The Balaban J connectivity index is 1.62. The zero-order valence-corrected chi connectivity index (χ0v) is 9.32. The summed E-state index contributed by atoms with van der Waals surface area (Å²) in [6.07, 6.45) is 5.64. The number of nitrogens with zero attached hydrogens (tertiary/aromatic N) is 2. The topological polar surface area (TPSA) is 60.2 Å². The molecule has 5 heteroatoms. The third-order valence-corrected chi connectivity index (χ3v) is 3.28. The second kappa shape index (κ2) is 4.51. The smallest absolute Gasteiger partial charge is 0.243 e. The van der Waals surface area contributed by atoms with E-state index in [0.29, 0.717) is 6.10 Å². The maximum atomic E-state index is 5.55. The summed E-state index contributed by atoms with van der Waals surface area (Å²) in [5.74, 6) is 1.53. The molecule has 3 heterocycles. The first-order chi connectivity index (χ1) is 7.92. The van der Waals surface area contributed by atoms with Crippen LogP contribution in [0.15, 0.2) is 4.52 Å². The fourth-order valence-electron chi connectivity index (χ4n) is 2.40. The van der Waals surface area contributed by atoms with E-state index in [1.54, 1.807) is 0 Å². The third kappa shape index (κ3) is 2.10. The van der Waals surface area contributed by atoms with Crippen LogP contribution in [-0.4, -0.2) is 29.4 Å². The summed E-state index contributed by atoms with van der Waals surface area (Å²) in [6.45, 7) is 1.92. The molecule has 0 saturated carbocycles. The summed E-state index contributed by atoms with van der Waals surface area (Å²) in [5.41, 5.74) is 0. The van der Waals surface area contributed by atoms with Crippen molar-refractivity contribution < 1.29 is 9.26 Å². The molecule has 2 fully saturated rings. The fraction of sp³-hybridized carbons (Fsp3) is 0.818. The molecule has 0 spiro atoms. The van der Waals surface area contributed by atoms with Crippen molar-refractivity contribution in [3.8, 4) is 0 Å². The van der Waals surface area contributed by atoms with Crippen molar-refractivity contribution in [3.63, 3.8) is 0 Å². The molecule has 1 aromatic rings. The van der Waals surface area contributed by atoms with E-state index in [2.05, 4.69) is 15.5 Å². The van der Waals surface area contributed by atoms with E-state index < -0.39 is 0 Å². The normalized spacial score (nSPS) is 30.0. The molecule has 16 heavy (non-hydrogen) atoms. The minimum atomic E-state index is 0.269. The van der Waals surface area contributed by atoms with Gasteiger partial charge in [-0.1, -0.05) is 5.16 Å². The minimum absolute atomic E-state index is 0.269. The Morgan fingerprint density at radius 2 is 2.31 bits per heavy atom. The Morgan fingerprint density at radius 3 is 3.06 bits per heavy atom. The van der Waals surface area contributed by atoms with Crippen molar-refractivity contribution in [2.75, 3.05) is 13.2 Å². The zero-order valence-electron chi connectivity index (χ0n) is 9.32. The van der Waals surface area contributed by atoms with Crippen LogP contribution in [0.25, 0.3) is 0 Å². The minimum Gasteiger partial charge on any atom is -0.378 e. The second-order valence-corrected chi connectivity index (χ2v) is 4.54. The maximum absolute atomic E-state index is 5.55. The van der Waals surface area contributed by atoms with Gasteiger partial charge < -0.3 is 14.6 Å². The Bertz CT molecular complexity index is 341. The highest BCUT2D eigenvalue weighted by Crippen LogP contribution is 2.22. The highest BCUT2D eigenvalue weighted by Gasteiger charge is 2.24. The third-order valence-electron chi connectivity index (χ3n) is 3.28. The van der Waals surface area contributed by atoms with Gasteiger partial charge in [0.25, 0.3) is 0 Å². The molecule has 0 bridgehead atoms. The number of aromatic nitrogens is 2. The summed E-state index contributed by atoms with van der Waals surface area (Å²) in [7, 11) is 0. The second-order valence-electron chi connectivity index (χ2n) is 4.54. The maximum Gasteiger partial charge on any atom is 0.243 e. The summed E-state index contributed by atoms with van der Waals surface area (Å²) in [5, 5.41) is 7.37.